The highest BCUT2D eigenvalue weighted by Crippen LogP contribution is 2.30. The van der Waals surface area contributed by atoms with Crippen molar-refractivity contribution >= 4 is 5.91 Å². The predicted molar refractivity (Wildman–Crippen MR) is 53.5 cm³/mol. The molecule has 92 valence electrons. The molecule has 1 atom stereocenters. The molecule has 1 aliphatic heterocycles. The van der Waals surface area contributed by atoms with E-state index in [1.54, 1.807) is 0 Å². The number of carbonyl (C=O) groups excluding carboxylic acids is 1. The van der Waals surface area contributed by atoms with Gasteiger partial charge in [0, 0.05) is 13.0 Å². The summed E-state index contributed by atoms with van der Waals surface area (Å²) in [5.74, 6) is 0.0324. The smallest absolute Gasteiger partial charge is 0.416 e. The van der Waals surface area contributed by atoms with Gasteiger partial charge in [-0.15, -0.1) is 0 Å². The Morgan fingerprint density at radius 2 is 1.88 bits per heavy atom. The molecule has 1 heterocycles. The van der Waals surface area contributed by atoms with Crippen molar-refractivity contribution in [2.75, 3.05) is 6.54 Å². The minimum absolute atomic E-state index is 0.232. The van der Waals surface area contributed by atoms with Crippen molar-refractivity contribution in [3.8, 4) is 5.75 Å². The summed E-state index contributed by atoms with van der Waals surface area (Å²) < 4.78 is 42.1. The van der Waals surface area contributed by atoms with Gasteiger partial charge < -0.3 is 10.1 Å². The molecule has 1 aromatic rings. The van der Waals surface area contributed by atoms with Gasteiger partial charge in [0.15, 0.2) is 6.10 Å². The number of nitrogens with one attached hydrogen (secondary N) is 1. The maximum Gasteiger partial charge on any atom is 0.416 e. The zero-order chi connectivity index (χ0) is 12.5. The maximum atomic E-state index is 12.3. The van der Waals surface area contributed by atoms with Gasteiger partial charge in [0.1, 0.15) is 5.75 Å². The molecule has 0 aliphatic carbocycles. The van der Waals surface area contributed by atoms with E-state index in [1.165, 1.54) is 12.1 Å². The first-order valence-electron chi connectivity index (χ1n) is 5.08. The van der Waals surface area contributed by atoms with Gasteiger partial charge in [-0.1, -0.05) is 0 Å². The van der Waals surface area contributed by atoms with Crippen molar-refractivity contribution in [2.24, 2.45) is 0 Å². The van der Waals surface area contributed by atoms with E-state index in [0.29, 0.717) is 13.0 Å². The van der Waals surface area contributed by atoms with Crippen LogP contribution in [-0.4, -0.2) is 18.6 Å². The maximum absolute atomic E-state index is 12.3. The fraction of sp³-hybridized carbons (Fsp3) is 0.364. The molecule has 0 saturated carbocycles. The molecule has 2 rings (SSSR count). The van der Waals surface area contributed by atoms with Gasteiger partial charge >= 0.3 is 6.18 Å². The average Bonchev–Trinajstić information content (AvgIpc) is 2.64. The van der Waals surface area contributed by atoms with Crippen LogP contribution in [0.25, 0.3) is 0 Å². The van der Waals surface area contributed by atoms with Crippen LogP contribution in [0.1, 0.15) is 12.0 Å². The van der Waals surface area contributed by atoms with E-state index in [9.17, 15) is 18.0 Å². The summed E-state index contributed by atoms with van der Waals surface area (Å²) in [6.07, 6.45) is -4.44. The Balaban J connectivity index is 2.06. The predicted octanol–water partition coefficient (Wildman–Crippen LogP) is 1.97. The van der Waals surface area contributed by atoms with Gasteiger partial charge in [0.25, 0.3) is 5.91 Å². The highest BCUT2D eigenvalue weighted by Gasteiger charge is 2.30. The number of alkyl halides is 3. The van der Waals surface area contributed by atoms with Crippen LogP contribution in [-0.2, 0) is 11.0 Å². The van der Waals surface area contributed by atoms with E-state index >= 15 is 0 Å². The zero-order valence-electron chi connectivity index (χ0n) is 8.75. The molecule has 0 spiro atoms. The monoisotopic (exact) mass is 245 g/mol. The van der Waals surface area contributed by atoms with Crippen molar-refractivity contribution in [3.63, 3.8) is 0 Å². The van der Waals surface area contributed by atoms with Crippen LogP contribution in [0.15, 0.2) is 24.3 Å². The lowest BCUT2D eigenvalue weighted by Gasteiger charge is -2.12. The lowest BCUT2D eigenvalue weighted by molar-refractivity contribution is -0.137. The van der Waals surface area contributed by atoms with Crippen LogP contribution in [0.4, 0.5) is 13.2 Å². The molecule has 6 heteroatoms. The van der Waals surface area contributed by atoms with Crippen LogP contribution >= 0.6 is 0 Å². The minimum atomic E-state index is -4.36. The van der Waals surface area contributed by atoms with Gasteiger partial charge in [-0.2, -0.15) is 13.2 Å². The number of ether oxygens (including phenoxy) is 1. The van der Waals surface area contributed by atoms with Crippen LogP contribution < -0.4 is 10.1 Å². The van der Waals surface area contributed by atoms with Gasteiger partial charge in [-0.05, 0) is 24.3 Å². The van der Waals surface area contributed by atoms with Crippen LogP contribution in [0.2, 0.25) is 0 Å². The molecule has 1 saturated heterocycles. The number of hydrogen-bond donors (Lipinski definition) is 1. The minimum Gasteiger partial charge on any atom is -0.481 e. The average molecular weight is 245 g/mol. The topological polar surface area (TPSA) is 38.3 Å². The summed E-state index contributed by atoms with van der Waals surface area (Å²) in [7, 11) is 0. The van der Waals surface area contributed by atoms with E-state index in [-0.39, 0.29) is 11.7 Å². The first-order chi connectivity index (χ1) is 7.97. The Hall–Kier alpha value is -1.72. The summed E-state index contributed by atoms with van der Waals surface area (Å²) in [5, 5.41) is 2.58. The van der Waals surface area contributed by atoms with E-state index in [1.807, 2.05) is 0 Å². The Bertz CT molecular complexity index is 414. The molecular formula is C11H10F3NO2. The second-order valence-electron chi connectivity index (χ2n) is 3.71. The van der Waals surface area contributed by atoms with E-state index in [0.717, 1.165) is 12.1 Å². The van der Waals surface area contributed by atoms with Crippen molar-refractivity contribution in [3.05, 3.63) is 29.8 Å². The van der Waals surface area contributed by atoms with Gasteiger partial charge in [0.05, 0.1) is 5.56 Å². The van der Waals surface area contributed by atoms with Gasteiger partial charge in [-0.25, -0.2) is 0 Å². The quantitative estimate of drug-likeness (QED) is 0.865. The molecule has 0 radical (unpaired) electrons. The molecule has 1 aliphatic rings. The molecule has 0 unspecified atom stereocenters. The van der Waals surface area contributed by atoms with E-state index in [2.05, 4.69) is 5.32 Å². The Kier molecular flexibility index (Phi) is 2.95. The third-order valence-electron chi connectivity index (χ3n) is 2.46. The second kappa shape index (κ2) is 4.27. The largest absolute Gasteiger partial charge is 0.481 e. The van der Waals surface area contributed by atoms with E-state index in [4.69, 9.17) is 4.74 Å². The first-order valence-corrected chi connectivity index (χ1v) is 5.08. The second-order valence-corrected chi connectivity index (χ2v) is 3.71. The zero-order valence-corrected chi connectivity index (χ0v) is 8.75. The van der Waals surface area contributed by atoms with Crippen LogP contribution in [0.3, 0.4) is 0 Å². The lowest BCUT2D eigenvalue weighted by Crippen LogP contribution is -2.27. The molecule has 17 heavy (non-hydrogen) atoms. The summed E-state index contributed by atoms with van der Waals surface area (Å²) in [5.41, 5.74) is -0.735. The molecular weight excluding hydrogens is 235 g/mol. The van der Waals surface area contributed by atoms with Crippen molar-refractivity contribution < 1.29 is 22.7 Å². The molecule has 3 nitrogen and oxygen atoms in total. The fourth-order valence-electron chi connectivity index (χ4n) is 1.57. The van der Waals surface area contributed by atoms with E-state index < -0.39 is 17.8 Å². The Labute approximate surface area is 95.6 Å². The Morgan fingerprint density at radius 3 is 2.35 bits per heavy atom. The van der Waals surface area contributed by atoms with Crippen molar-refractivity contribution in [1.29, 1.82) is 0 Å². The first kappa shape index (κ1) is 11.8. The van der Waals surface area contributed by atoms with Crippen molar-refractivity contribution in [2.45, 2.75) is 18.7 Å². The molecule has 0 aromatic heterocycles. The van der Waals surface area contributed by atoms with Crippen molar-refractivity contribution in [1.82, 2.24) is 5.32 Å². The lowest BCUT2D eigenvalue weighted by atomic mass is 10.2. The summed E-state index contributed by atoms with van der Waals surface area (Å²) in [6.45, 7) is 0.532. The number of rotatable bonds is 2. The number of benzene rings is 1. The van der Waals surface area contributed by atoms with Gasteiger partial charge in [0.2, 0.25) is 0 Å². The van der Waals surface area contributed by atoms with Crippen LogP contribution in [0, 0.1) is 0 Å². The molecule has 0 bridgehead atoms. The number of halogens is 3. The SMILES string of the molecule is O=C1NCC[C@H]1Oc1ccc(C(F)(F)F)cc1. The highest BCUT2D eigenvalue weighted by molar-refractivity contribution is 5.83. The Morgan fingerprint density at radius 1 is 1.24 bits per heavy atom. The third kappa shape index (κ3) is 2.69. The third-order valence-corrected chi connectivity index (χ3v) is 2.46. The molecule has 1 amide bonds. The van der Waals surface area contributed by atoms with Crippen LogP contribution in [0.5, 0.6) is 5.75 Å². The number of amides is 1. The summed E-state index contributed by atoms with van der Waals surface area (Å²) >= 11 is 0. The normalized spacial score (nSPS) is 20.2. The van der Waals surface area contributed by atoms with Gasteiger partial charge in [-0.3, -0.25) is 4.79 Å². The molecule has 1 fully saturated rings. The molecule has 1 N–H and O–H groups in total. The number of hydrogen-bond acceptors (Lipinski definition) is 2. The summed E-state index contributed by atoms with van der Waals surface area (Å²) in [4.78, 5) is 11.2. The summed E-state index contributed by atoms with van der Waals surface area (Å²) in [6, 6.07) is 4.30. The standard InChI is InChI=1S/C11H10F3NO2/c12-11(13,14)7-1-3-8(4-2-7)17-9-5-6-15-10(9)16/h1-4,9H,5-6H2,(H,15,16)/t9-/m1/s1. The highest BCUT2D eigenvalue weighted by atomic mass is 19.4. The fourth-order valence-corrected chi connectivity index (χ4v) is 1.57. The number of carbonyl (C=O) groups is 1. The molecule has 1 aromatic carbocycles.